The van der Waals surface area contributed by atoms with E-state index in [1.807, 2.05) is 48.5 Å². The van der Waals surface area contributed by atoms with Crippen LogP contribution in [0.25, 0.3) is 0 Å². The summed E-state index contributed by atoms with van der Waals surface area (Å²) < 4.78 is 0. The molecule has 7 rings (SSSR count). The first-order chi connectivity index (χ1) is 19.5. The first-order valence-corrected chi connectivity index (χ1v) is 14.0. The summed E-state index contributed by atoms with van der Waals surface area (Å²) >= 11 is 0. The molecule has 1 unspecified atom stereocenters. The van der Waals surface area contributed by atoms with Crippen molar-refractivity contribution in [2.75, 3.05) is 17.2 Å². The maximum absolute atomic E-state index is 13.7. The van der Waals surface area contributed by atoms with Gasteiger partial charge in [0.15, 0.2) is 0 Å². The minimum absolute atomic E-state index is 0.0570. The Hall–Kier alpha value is -4.40. The Morgan fingerprint density at radius 2 is 1.73 bits per heavy atom. The molecule has 4 heterocycles. The standard InChI is InChI=1S/C31H30N6O3/c38-25(19-37-28(39)26(20-9-4-3-5-10-20)36-31(37)12-6-1-2-7-13-31)34-24-15-21-16-30(17-22(21)18-33-24)23-11-8-14-32-27(23)35-29(30)40/h3-5,8-11,14-15,18H,1-2,6-7,12-13,16-17,19H2,(H,32,35,40)(H,33,34,38). The normalized spacial score (nSPS) is 22.6. The van der Waals surface area contributed by atoms with Crippen LogP contribution in [0.3, 0.4) is 0 Å². The van der Waals surface area contributed by atoms with Crippen molar-refractivity contribution < 1.29 is 14.4 Å². The monoisotopic (exact) mass is 534 g/mol. The van der Waals surface area contributed by atoms with Gasteiger partial charge in [0.25, 0.3) is 5.91 Å². The summed E-state index contributed by atoms with van der Waals surface area (Å²) in [6.07, 6.45) is 10.1. The molecular weight excluding hydrogens is 504 g/mol. The molecule has 3 amide bonds. The fraction of sp³-hybridized carbons (Fsp3) is 0.355. The third-order valence-corrected chi connectivity index (χ3v) is 8.85. The number of carbonyl (C=O) groups excluding carboxylic acids is 3. The quantitative estimate of drug-likeness (QED) is 0.528. The van der Waals surface area contributed by atoms with E-state index >= 15 is 0 Å². The van der Waals surface area contributed by atoms with Gasteiger partial charge in [-0.15, -0.1) is 0 Å². The molecule has 0 radical (unpaired) electrons. The van der Waals surface area contributed by atoms with Gasteiger partial charge in [-0.05, 0) is 61.8 Å². The van der Waals surface area contributed by atoms with Crippen LogP contribution in [0, 0.1) is 0 Å². The van der Waals surface area contributed by atoms with Gasteiger partial charge in [-0.1, -0.05) is 49.2 Å². The largest absolute Gasteiger partial charge is 0.310 e. The highest BCUT2D eigenvalue weighted by Crippen LogP contribution is 2.46. The van der Waals surface area contributed by atoms with E-state index in [1.165, 1.54) is 0 Å². The summed E-state index contributed by atoms with van der Waals surface area (Å²) in [7, 11) is 0. The zero-order valence-corrected chi connectivity index (χ0v) is 22.2. The molecular formula is C31H30N6O3. The zero-order valence-electron chi connectivity index (χ0n) is 22.2. The molecule has 2 aromatic heterocycles. The van der Waals surface area contributed by atoms with Gasteiger partial charge in [-0.2, -0.15) is 0 Å². The number of nitrogens with zero attached hydrogens (tertiary/aromatic N) is 4. The summed E-state index contributed by atoms with van der Waals surface area (Å²) in [4.78, 5) is 55.5. The van der Waals surface area contributed by atoms with Gasteiger partial charge in [-0.3, -0.25) is 19.4 Å². The number of amides is 3. The van der Waals surface area contributed by atoms with E-state index in [2.05, 4.69) is 20.6 Å². The molecule has 3 aromatic rings. The first-order valence-electron chi connectivity index (χ1n) is 14.0. The van der Waals surface area contributed by atoms with E-state index in [-0.39, 0.29) is 24.3 Å². The topological polar surface area (TPSA) is 117 Å². The number of anilines is 2. The van der Waals surface area contributed by atoms with Crippen LogP contribution in [0.4, 0.5) is 11.6 Å². The molecule has 4 aliphatic rings. The summed E-state index contributed by atoms with van der Waals surface area (Å²) in [6.45, 7) is -0.0944. The minimum atomic E-state index is -0.699. The lowest BCUT2D eigenvalue weighted by Gasteiger charge is -2.35. The average molecular weight is 535 g/mol. The zero-order chi connectivity index (χ0) is 27.3. The smallest absolute Gasteiger partial charge is 0.275 e. The van der Waals surface area contributed by atoms with Crippen molar-refractivity contribution in [3.05, 3.63) is 83.2 Å². The van der Waals surface area contributed by atoms with Crippen molar-refractivity contribution in [3.8, 4) is 0 Å². The van der Waals surface area contributed by atoms with Gasteiger partial charge in [0.05, 0.1) is 5.41 Å². The molecule has 202 valence electrons. The molecule has 1 atom stereocenters. The lowest BCUT2D eigenvalue weighted by molar-refractivity contribution is -0.133. The number of aromatic nitrogens is 2. The number of carbonyl (C=O) groups is 3. The van der Waals surface area contributed by atoms with Crippen molar-refractivity contribution in [2.24, 2.45) is 4.99 Å². The van der Waals surface area contributed by atoms with Gasteiger partial charge < -0.3 is 15.5 Å². The van der Waals surface area contributed by atoms with Crippen LogP contribution in [0.15, 0.2) is 65.9 Å². The molecule has 9 heteroatoms. The molecule has 2 N–H and O–H groups in total. The Morgan fingerprint density at radius 3 is 2.52 bits per heavy atom. The van der Waals surface area contributed by atoms with Crippen LogP contribution in [0.1, 0.15) is 60.8 Å². The number of benzene rings is 1. The Bertz CT molecular complexity index is 1560. The van der Waals surface area contributed by atoms with Crippen molar-refractivity contribution in [1.82, 2.24) is 14.9 Å². The fourth-order valence-electron chi connectivity index (χ4n) is 6.86. The van der Waals surface area contributed by atoms with Gasteiger partial charge in [0.1, 0.15) is 29.6 Å². The lowest BCUT2D eigenvalue weighted by Crippen LogP contribution is -2.50. The summed E-state index contributed by atoms with van der Waals surface area (Å²) in [5, 5.41) is 5.83. The van der Waals surface area contributed by atoms with E-state index in [0.29, 0.717) is 30.2 Å². The van der Waals surface area contributed by atoms with Gasteiger partial charge >= 0.3 is 0 Å². The highest BCUT2D eigenvalue weighted by Gasteiger charge is 2.51. The maximum Gasteiger partial charge on any atom is 0.275 e. The van der Waals surface area contributed by atoms with E-state index in [0.717, 1.165) is 60.8 Å². The molecule has 2 spiro atoms. The molecule has 1 saturated carbocycles. The molecule has 1 fully saturated rings. The second kappa shape index (κ2) is 9.36. The Balaban J connectivity index is 1.11. The lowest BCUT2D eigenvalue weighted by atomic mass is 9.79. The van der Waals surface area contributed by atoms with Crippen LogP contribution >= 0.6 is 0 Å². The second-order valence-corrected chi connectivity index (χ2v) is 11.3. The SMILES string of the molecule is O=C(CN1C(=O)C(c2ccccc2)=NC12CCCCCC2)Nc1cc2c(cn1)CC1(C2)C(=O)Nc2ncccc21. The number of fused-ring (bicyclic) bond motifs is 3. The molecule has 0 saturated heterocycles. The van der Waals surface area contributed by atoms with Crippen molar-refractivity contribution >= 4 is 35.1 Å². The van der Waals surface area contributed by atoms with E-state index in [9.17, 15) is 14.4 Å². The highest BCUT2D eigenvalue weighted by atomic mass is 16.2. The Kier molecular flexibility index (Phi) is 5.76. The number of hydrogen-bond acceptors (Lipinski definition) is 6. The third kappa shape index (κ3) is 3.91. The number of rotatable bonds is 4. The minimum Gasteiger partial charge on any atom is -0.310 e. The number of nitrogens with one attached hydrogen (secondary N) is 2. The van der Waals surface area contributed by atoms with Crippen molar-refractivity contribution in [1.29, 1.82) is 0 Å². The van der Waals surface area contributed by atoms with E-state index < -0.39 is 11.1 Å². The van der Waals surface area contributed by atoms with Crippen molar-refractivity contribution in [2.45, 2.75) is 62.4 Å². The fourth-order valence-corrected chi connectivity index (χ4v) is 6.86. The van der Waals surface area contributed by atoms with Gasteiger partial charge in [-0.25, -0.2) is 9.97 Å². The number of hydrogen-bond donors (Lipinski definition) is 2. The van der Waals surface area contributed by atoms with Crippen LogP contribution in [0.2, 0.25) is 0 Å². The molecule has 2 aliphatic carbocycles. The average Bonchev–Trinajstić information content (AvgIpc) is 3.48. The van der Waals surface area contributed by atoms with Crippen LogP contribution in [-0.4, -0.2) is 50.5 Å². The molecule has 40 heavy (non-hydrogen) atoms. The second-order valence-electron chi connectivity index (χ2n) is 11.3. The van der Waals surface area contributed by atoms with Gasteiger partial charge in [0.2, 0.25) is 11.8 Å². The maximum atomic E-state index is 13.7. The molecule has 2 aliphatic heterocycles. The van der Waals surface area contributed by atoms with Gasteiger partial charge in [0, 0.05) is 23.5 Å². The predicted molar refractivity (Wildman–Crippen MR) is 150 cm³/mol. The molecule has 0 bridgehead atoms. The predicted octanol–water partition coefficient (Wildman–Crippen LogP) is 3.79. The third-order valence-electron chi connectivity index (χ3n) is 8.85. The molecule has 1 aromatic carbocycles. The summed E-state index contributed by atoms with van der Waals surface area (Å²) in [6, 6.07) is 15.1. The number of pyridine rings is 2. The Labute approximate surface area is 232 Å². The first kappa shape index (κ1) is 24.6. The summed E-state index contributed by atoms with van der Waals surface area (Å²) in [5.74, 6) is 0.456. The highest BCUT2D eigenvalue weighted by molar-refractivity contribution is 6.47. The van der Waals surface area contributed by atoms with Crippen LogP contribution < -0.4 is 10.6 Å². The molecule has 9 nitrogen and oxygen atoms in total. The summed E-state index contributed by atoms with van der Waals surface area (Å²) in [5.41, 5.74) is 2.68. The number of aliphatic imine (C=N–C) groups is 1. The van der Waals surface area contributed by atoms with Crippen molar-refractivity contribution in [3.63, 3.8) is 0 Å². The van der Waals surface area contributed by atoms with Crippen LogP contribution in [-0.2, 0) is 32.6 Å². The Morgan fingerprint density at radius 1 is 0.950 bits per heavy atom. The van der Waals surface area contributed by atoms with E-state index in [1.54, 1.807) is 17.3 Å². The van der Waals surface area contributed by atoms with Crippen LogP contribution in [0.5, 0.6) is 0 Å². The van der Waals surface area contributed by atoms with E-state index in [4.69, 9.17) is 4.99 Å².